The average Bonchev–Trinajstić information content (AvgIpc) is 3.07. The van der Waals surface area contributed by atoms with E-state index in [0.717, 1.165) is 63.9 Å². The Hall–Kier alpha value is -1.80. The van der Waals surface area contributed by atoms with Crippen LogP contribution in [0, 0.1) is 0 Å². The van der Waals surface area contributed by atoms with Gasteiger partial charge < -0.3 is 19.3 Å². The van der Waals surface area contributed by atoms with Crippen LogP contribution in [0.2, 0.25) is 0 Å². The monoisotopic (exact) mass is 695 g/mol. The van der Waals surface area contributed by atoms with Gasteiger partial charge in [0.15, 0.2) is 0 Å². The minimum atomic E-state index is -0.126. The highest BCUT2D eigenvalue weighted by atomic mass is 32.2. The molecular weight excluding hydrogens is 621 g/mol. The van der Waals surface area contributed by atoms with E-state index in [2.05, 4.69) is 36.0 Å². The van der Waals surface area contributed by atoms with Gasteiger partial charge >= 0.3 is 11.9 Å². The lowest BCUT2D eigenvalue weighted by Gasteiger charge is -2.23. The van der Waals surface area contributed by atoms with Crippen molar-refractivity contribution in [1.29, 1.82) is 0 Å². The lowest BCUT2D eigenvalue weighted by Crippen LogP contribution is -2.34. The number of thioether (sulfide) groups is 1. The van der Waals surface area contributed by atoms with Gasteiger partial charge in [-0.15, -0.1) is 0 Å². The first-order valence-corrected chi connectivity index (χ1v) is 20.7. The molecule has 8 heteroatoms. The molecule has 0 spiro atoms. The van der Waals surface area contributed by atoms with Gasteiger partial charge in [-0.25, -0.2) is 0 Å². The summed E-state index contributed by atoms with van der Waals surface area (Å²) in [4.78, 5) is 40.3. The molecular formula is C40H74N2O5S. The quantitative estimate of drug-likeness (QED) is 0.0371. The van der Waals surface area contributed by atoms with E-state index in [1.54, 1.807) is 11.8 Å². The van der Waals surface area contributed by atoms with Gasteiger partial charge in [-0.3, -0.25) is 14.4 Å². The summed E-state index contributed by atoms with van der Waals surface area (Å²) in [6.45, 7) is 7.86. The molecule has 0 aromatic rings. The van der Waals surface area contributed by atoms with E-state index in [0.29, 0.717) is 37.7 Å². The lowest BCUT2D eigenvalue weighted by atomic mass is 10.1. The fourth-order valence-electron chi connectivity index (χ4n) is 5.25. The van der Waals surface area contributed by atoms with E-state index in [9.17, 15) is 14.4 Å². The summed E-state index contributed by atoms with van der Waals surface area (Å²) in [6.07, 6.45) is 32.4. The number of esters is 2. The van der Waals surface area contributed by atoms with Gasteiger partial charge in [-0.1, -0.05) is 115 Å². The molecule has 0 saturated heterocycles. The number of allylic oxidation sites excluding steroid dienone is 2. The summed E-state index contributed by atoms with van der Waals surface area (Å²) in [5.41, 5.74) is 0. The van der Waals surface area contributed by atoms with Gasteiger partial charge in [0.2, 0.25) is 5.91 Å². The second-order valence-electron chi connectivity index (χ2n) is 13.3. The summed E-state index contributed by atoms with van der Waals surface area (Å²) < 4.78 is 10.2. The van der Waals surface area contributed by atoms with Crippen LogP contribution < -0.4 is 0 Å². The summed E-state index contributed by atoms with van der Waals surface area (Å²) in [5, 5.41) is 0. The van der Waals surface area contributed by atoms with E-state index < -0.39 is 0 Å². The molecule has 7 nitrogen and oxygen atoms in total. The molecule has 0 aromatic heterocycles. The fraction of sp³-hybridized carbons (Fsp3) is 0.825. The molecule has 0 atom stereocenters. The summed E-state index contributed by atoms with van der Waals surface area (Å²) in [7, 11) is 4.16. The van der Waals surface area contributed by atoms with Crippen molar-refractivity contribution in [2.45, 2.75) is 155 Å². The van der Waals surface area contributed by atoms with Crippen LogP contribution >= 0.6 is 11.8 Å². The Bertz CT molecular complexity index is 765. The van der Waals surface area contributed by atoms with Crippen LogP contribution in [-0.4, -0.2) is 86.1 Å². The third-order valence-corrected chi connectivity index (χ3v) is 9.12. The number of ether oxygens (including phenoxy) is 2. The van der Waals surface area contributed by atoms with E-state index >= 15 is 0 Å². The summed E-state index contributed by atoms with van der Waals surface area (Å²) >= 11 is 1.77. The number of unbranched alkanes of at least 4 members (excludes halogenated alkanes) is 16. The number of carbonyl (C=O) groups is 3. The van der Waals surface area contributed by atoms with E-state index in [4.69, 9.17) is 9.47 Å². The van der Waals surface area contributed by atoms with E-state index in [-0.39, 0.29) is 11.9 Å². The van der Waals surface area contributed by atoms with Crippen LogP contribution in [0.4, 0.5) is 0 Å². The number of hydrogen-bond acceptors (Lipinski definition) is 7. The first-order valence-electron chi connectivity index (χ1n) is 19.5. The maximum Gasteiger partial charge on any atom is 0.309 e. The Morgan fingerprint density at radius 1 is 0.542 bits per heavy atom. The van der Waals surface area contributed by atoms with Crippen molar-refractivity contribution in [2.75, 3.05) is 58.4 Å². The topological polar surface area (TPSA) is 76.1 Å². The second-order valence-corrected chi connectivity index (χ2v) is 14.4. The molecule has 0 rings (SSSR count). The highest BCUT2D eigenvalue weighted by Gasteiger charge is 2.13. The van der Waals surface area contributed by atoms with Crippen LogP contribution in [0.1, 0.15) is 155 Å². The minimum Gasteiger partial charge on any atom is -0.465 e. The van der Waals surface area contributed by atoms with Gasteiger partial charge in [0, 0.05) is 25.4 Å². The van der Waals surface area contributed by atoms with Crippen molar-refractivity contribution < 1.29 is 23.9 Å². The number of amides is 1. The van der Waals surface area contributed by atoms with Crippen LogP contribution in [-0.2, 0) is 23.9 Å². The van der Waals surface area contributed by atoms with Crippen LogP contribution in [0.25, 0.3) is 0 Å². The minimum absolute atomic E-state index is 0.126. The average molecular weight is 695 g/mol. The maximum absolute atomic E-state index is 13.0. The number of hydrogen-bond donors (Lipinski definition) is 0. The molecule has 1 amide bonds. The Morgan fingerprint density at radius 2 is 0.938 bits per heavy atom. The first-order chi connectivity index (χ1) is 23.4. The SMILES string of the molecule is CCCOC(=O)C/C=C\CCCCCCCCCCN(CCCCCCCCCC/C=C\CC(=O)OCCC)C(=O)CSCCN(C)C. The smallest absolute Gasteiger partial charge is 0.309 e. The molecule has 280 valence electrons. The van der Waals surface area contributed by atoms with E-state index in [1.807, 2.05) is 26.0 Å². The molecule has 0 heterocycles. The highest BCUT2D eigenvalue weighted by Crippen LogP contribution is 2.14. The molecule has 48 heavy (non-hydrogen) atoms. The lowest BCUT2D eigenvalue weighted by molar-refractivity contribution is -0.143. The van der Waals surface area contributed by atoms with Gasteiger partial charge in [-0.2, -0.15) is 11.8 Å². The van der Waals surface area contributed by atoms with E-state index in [1.165, 1.54) is 89.9 Å². The molecule has 0 unspecified atom stereocenters. The first kappa shape index (κ1) is 46.2. The zero-order chi connectivity index (χ0) is 35.3. The predicted octanol–water partition coefficient (Wildman–Crippen LogP) is 9.93. The molecule has 0 aliphatic rings. The van der Waals surface area contributed by atoms with Crippen molar-refractivity contribution in [3.8, 4) is 0 Å². The highest BCUT2D eigenvalue weighted by molar-refractivity contribution is 7.99. The predicted molar refractivity (Wildman–Crippen MR) is 206 cm³/mol. The van der Waals surface area contributed by atoms with Crippen molar-refractivity contribution in [1.82, 2.24) is 9.80 Å². The Labute approximate surface area is 300 Å². The fourth-order valence-corrected chi connectivity index (χ4v) is 6.25. The Balaban J connectivity index is 4.01. The zero-order valence-corrected chi connectivity index (χ0v) is 32.5. The number of rotatable bonds is 35. The Morgan fingerprint density at radius 3 is 1.33 bits per heavy atom. The standard InChI is InChI=1S/C40H74N2O5S/c1-5-34-46-39(44)29-25-21-17-13-9-7-11-15-19-23-27-31-42(38(43)37-48-36-33-41(3)4)32-28-24-20-16-12-8-10-14-18-22-26-30-40(45)47-35-6-2/h21-22,25-26H,5-20,23-24,27-37H2,1-4H3/b25-21-,26-22-. The maximum atomic E-state index is 13.0. The number of carbonyl (C=O) groups excluding carboxylic acids is 3. The Kier molecular flexibility index (Phi) is 35.1. The molecule has 0 saturated carbocycles. The number of nitrogens with zero attached hydrogens (tertiary/aromatic N) is 2. The molecule has 0 aliphatic carbocycles. The van der Waals surface area contributed by atoms with Gasteiger partial charge in [-0.05, 0) is 65.5 Å². The van der Waals surface area contributed by atoms with Crippen molar-refractivity contribution in [3.63, 3.8) is 0 Å². The molecule has 0 radical (unpaired) electrons. The third kappa shape index (κ3) is 34.1. The summed E-state index contributed by atoms with van der Waals surface area (Å²) in [6, 6.07) is 0. The zero-order valence-electron chi connectivity index (χ0n) is 31.7. The molecule has 0 N–H and O–H groups in total. The molecule has 0 aliphatic heterocycles. The largest absolute Gasteiger partial charge is 0.465 e. The van der Waals surface area contributed by atoms with Gasteiger partial charge in [0.1, 0.15) is 0 Å². The second kappa shape index (κ2) is 36.5. The van der Waals surface area contributed by atoms with Crippen molar-refractivity contribution in [2.24, 2.45) is 0 Å². The van der Waals surface area contributed by atoms with Crippen LogP contribution in [0.15, 0.2) is 24.3 Å². The van der Waals surface area contributed by atoms with Crippen molar-refractivity contribution >= 4 is 29.6 Å². The van der Waals surface area contributed by atoms with Gasteiger partial charge in [0.05, 0.1) is 31.8 Å². The normalized spacial score (nSPS) is 11.6. The van der Waals surface area contributed by atoms with Gasteiger partial charge in [0.25, 0.3) is 0 Å². The molecule has 0 bridgehead atoms. The third-order valence-electron chi connectivity index (χ3n) is 8.20. The van der Waals surface area contributed by atoms with Crippen molar-refractivity contribution in [3.05, 3.63) is 24.3 Å². The summed E-state index contributed by atoms with van der Waals surface area (Å²) in [5.74, 6) is 1.67. The van der Waals surface area contributed by atoms with Crippen LogP contribution in [0.5, 0.6) is 0 Å². The molecule has 0 aromatic carbocycles. The molecule has 0 fully saturated rings. The van der Waals surface area contributed by atoms with Crippen LogP contribution in [0.3, 0.4) is 0 Å².